The maximum Gasteiger partial charge on any atom is 0.405 e. The number of carbonyl (C=O) groups is 2. The molecule has 0 bridgehead atoms. The maximum atomic E-state index is 11.8. The third-order valence-electron chi connectivity index (χ3n) is 3.13. The van der Waals surface area contributed by atoms with Gasteiger partial charge in [0.1, 0.15) is 6.04 Å². The molecule has 0 saturated carbocycles. The lowest BCUT2D eigenvalue weighted by Crippen LogP contribution is -2.48. The molecule has 0 aromatic rings. The van der Waals surface area contributed by atoms with Gasteiger partial charge < -0.3 is 21.1 Å². The van der Waals surface area contributed by atoms with Gasteiger partial charge in [-0.05, 0) is 19.3 Å². The van der Waals surface area contributed by atoms with Crippen LogP contribution in [0.5, 0.6) is 0 Å². The van der Waals surface area contributed by atoms with Gasteiger partial charge in [0.15, 0.2) is 0 Å². The van der Waals surface area contributed by atoms with Crippen LogP contribution in [0.25, 0.3) is 0 Å². The zero-order chi connectivity index (χ0) is 11.0. The average molecular weight is 213 g/mol. The van der Waals surface area contributed by atoms with Gasteiger partial charge in [-0.2, -0.15) is 0 Å². The highest BCUT2D eigenvalue weighted by molar-refractivity contribution is 5.87. The van der Waals surface area contributed by atoms with Gasteiger partial charge >= 0.3 is 6.09 Å². The van der Waals surface area contributed by atoms with E-state index in [4.69, 9.17) is 10.8 Å². The quantitative estimate of drug-likeness (QED) is 0.539. The first-order chi connectivity index (χ1) is 7.08. The molecule has 0 radical (unpaired) electrons. The molecule has 4 N–H and O–H groups in total. The maximum absolute atomic E-state index is 11.8. The monoisotopic (exact) mass is 213 g/mol. The van der Waals surface area contributed by atoms with Gasteiger partial charge in [-0.15, -0.1) is 0 Å². The van der Waals surface area contributed by atoms with Gasteiger partial charge in [-0.1, -0.05) is 0 Å². The second-order valence-corrected chi connectivity index (χ2v) is 4.22. The Morgan fingerprint density at radius 1 is 1.53 bits per heavy atom. The first-order valence-electron chi connectivity index (χ1n) is 5.13. The molecule has 2 aliphatic heterocycles. The first-order valence-corrected chi connectivity index (χ1v) is 5.13. The fourth-order valence-corrected chi connectivity index (χ4v) is 2.41. The van der Waals surface area contributed by atoms with Crippen LogP contribution in [0.4, 0.5) is 4.79 Å². The zero-order valence-electron chi connectivity index (χ0n) is 8.35. The normalized spacial score (nSPS) is 35.1. The number of nitrogens with one attached hydrogen (secondary N) is 1. The smallest absolute Gasteiger partial charge is 0.405 e. The van der Waals surface area contributed by atoms with E-state index in [9.17, 15) is 9.59 Å². The lowest BCUT2D eigenvalue weighted by molar-refractivity contribution is -0.131. The average Bonchev–Trinajstić information content (AvgIpc) is 2.44. The lowest BCUT2D eigenvalue weighted by Gasteiger charge is -2.33. The number of nitrogens with zero attached hydrogens (tertiary/aromatic N) is 1. The first kappa shape index (κ1) is 10.2. The number of nitrogens with two attached hydrogens (primary N) is 1. The summed E-state index contributed by atoms with van der Waals surface area (Å²) < 4.78 is 0. The van der Waals surface area contributed by atoms with E-state index in [0.29, 0.717) is 13.0 Å². The third kappa shape index (κ3) is 1.90. The molecule has 2 rings (SSSR count). The van der Waals surface area contributed by atoms with Gasteiger partial charge in [0.25, 0.3) is 0 Å². The van der Waals surface area contributed by atoms with Gasteiger partial charge in [-0.3, -0.25) is 4.79 Å². The van der Waals surface area contributed by atoms with Gasteiger partial charge in [0.2, 0.25) is 5.91 Å². The number of rotatable bonds is 1. The number of fused-ring (bicyclic) bond motifs is 1. The van der Waals surface area contributed by atoms with Crippen LogP contribution in [0.15, 0.2) is 0 Å². The van der Waals surface area contributed by atoms with Crippen LogP contribution in [0.3, 0.4) is 0 Å². The lowest BCUT2D eigenvalue weighted by atomic mass is 9.99. The van der Waals surface area contributed by atoms with Crippen molar-refractivity contribution in [3.8, 4) is 0 Å². The van der Waals surface area contributed by atoms with Crippen LogP contribution >= 0.6 is 0 Å². The van der Waals surface area contributed by atoms with Crippen LogP contribution < -0.4 is 11.1 Å². The summed E-state index contributed by atoms with van der Waals surface area (Å²) in [5.41, 5.74) is 5.77. The minimum Gasteiger partial charge on any atom is -0.465 e. The highest BCUT2D eigenvalue weighted by Crippen LogP contribution is 2.27. The zero-order valence-corrected chi connectivity index (χ0v) is 8.35. The van der Waals surface area contributed by atoms with E-state index < -0.39 is 12.1 Å². The molecular weight excluding hydrogens is 198 g/mol. The van der Waals surface area contributed by atoms with Crippen molar-refractivity contribution < 1.29 is 14.7 Å². The van der Waals surface area contributed by atoms with Crippen molar-refractivity contribution in [3.63, 3.8) is 0 Å². The molecular formula is C9H15N3O3. The highest BCUT2D eigenvalue weighted by Gasteiger charge is 2.42. The molecule has 0 spiro atoms. The minimum atomic E-state index is -1.14. The predicted molar refractivity (Wildman–Crippen MR) is 52.3 cm³/mol. The van der Waals surface area contributed by atoms with Gasteiger partial charge in [-0.25, -0.2) is 4.79 Å². The summed E-state index contributed by atoms with van der Waals surface area (Å²) in [6.45, 7) is 0.557. The van der Waals surface area contributed by atoms with Gasteiger partial charge in [0.05, 0.1) is 0 Å². The van der Waals surface area contributed by atoms with Crippen LogP contribution in [0.1, 0.15) is 19.3 Å². The number of amides is 2. The fourth-order valence-electron chi connectivity index (χ4n) is 2.41. The molecule has 0 aromatic carbocycles. The van der Waals surface area contributed by atoms with Gasteiger partial charge in [0, 0.05) is 18.6 Å². The van der Waals surface area contributed by atoms with Crippen molar-refractivity contribution in [1.29, 1.82) is 0 Å². The number of piperidine rings is 1. The molecule has 84 valence electrons. The third-order valence-corrected chi connectivity index (χ3v) is 3.13. The Hall–Kier alpha value is -1.30. The molecule has 2 heterocycles. The Morgan fingerprint density at radius 3 is 2.93 bits per heavy atom. The van der Waals surface area contributed by atoms with E-state index in [0.717, 1.165) is 12.8 Å². The Labute approximate surface area is 87.4 Å². The minimum absolute atomic E-state index is 0.0359. The van der Waals surface area contributed by atoms with E-state index >= 15 is 0 Å². The summed E-state index contributed by atoms with van der Waals surface area (Å²) in [6, 6.07) is -0.360. The molecule has 2 aliphatic rings. The van der Waals surface area contributed by atoms with E-state index in [1.54, 1.807) is 4.90 Å². The molecule has 2 amide bonds. The van der Waals surface area contributed by atoms with Crippen molar-refractivity contribution in [1.82, 2.24) is 10.2 Å². The van der Waals surface area contributed by atoms with E-state index in [1.165, 1.54) is 0 Å². The molecule has 15 heavy (non-hydrogen) atoms. The molecule has 2 fully saturated rings. The number of hydrogen-bond donors (Lipinski definition) is 3. The van der Waals surface area contributed by atoms with Crippen LogP contribution in [-0.2, 0) is 4.79 Å². The predicted octanol–water partition coefficient (Wildman–Crippen LogP) is -0.655. The Bertz CT molecular complexity index is 294. The second kappa shape index (κ2) is 3.69. The molecule has 2 saturated heterocycles. The van der Waals surface area contributed by atoms with Crippen molar-refractivity contribution in [2.75, 3.05) is 6.54 Å². The van der Waals surface area contributed by atoms with Crippen molar-refractivity contribution in [2.45, 2.75) is 37.4 Å². The number of hydrogen-bond acceptors (Lipinski definition) is 3. The SMILES string of the molecule is NC1CCC2C[C@H](NC(=O)O)C(=O)N2C1. The number of carbonyl (C=O) groups excluding carboxylic acids is 1. The largest absolute Gasteiger partial charge is 0.465 e. The Balaban J connectivity index is 2.03. The van der Waals surface area contributed by atoms with Crippen LogP contribution in [0, 0.1) is 0 Å². The summed E-state index contributed by atoms with van der Waals surface area (Å²) in [5, 5.41) is 10.8. The molecule has 0 aliphatic carbocycles. The van der Waals surface area contributed by atoms with Crippen LogP contribution in [0.2, 0.25) is 0 Å². The summed E-state index contributed by atoms with van der Waals surface area (Å²) in [5.74, 6) is -0.127. The van der Waals surface area contributed by atoms with Crippen molar-refractivity contribution in [2.24, 2.45) is 5.73 Å². The van der Waals surface area contributed by atoms with E-state index in [2.05, 4.69) is 5.32 Å². The van der Waals surface area contributed by atoms with E-state index in [-0.39, 0.29) is 18.0 Å². The summed E-state index contributed by atoms with van der Waals surface area (Å²) in [7, 11) is 0. The summed E-state index contributed by atoms with van der Waals surface area (Å²) in [4.78, 5) is 23.9. The Kier molecular flexibility index (Phi) is 2.52. The van der Waals surface area contributed by atoms with Crippen LogP contribution in [-0.4, -0.2) is 46.7 Å². The highest BCUT2D eigenvalue weighted by atomic mass is 16.4. The molecule has 6 heteroatoms. The Morgan fingerprint density at radius 2 is 2.27 bits per heavy atom. The summed E-state index contributed by atoms with van der Waals surface area (Å²) >= 11 is 0. The van der Waals surface area contributed by atoms with E-state index in [1.807, 2.05) is 0 Å². The molecule has 2 unspecified atom stereocenters. The summed E-state index contributed by atoms with van der Waals surface area (Å²) in [6.07, 6.45) is 1.23. The second-order valence-electron chi connectivity index (χ2n) is 4.22. The van der Waals surface area contributed by atoms with Crippen molar-refractivity contribution >= 4 is 12.0 Å². The van der Waals surface area contributed by atoms with Crippen molar-refractivity contribution in [3.05, 3.63) is 0 Å². The molecule has 6 nitrogen and oxygen atoms in total. The molecule has 0 aromatic heterocycles. The molecule has 3 atom stereocenters. The topological polar surface area (TPSA) is 95.7 Å². The number of carboxylic acid groups (broad SMARTS) is 1. The fraction of sp³-hybridized carbons (Fsp3) is 0.778. The standard InChI is InChI=1S/C9H15N3O3/c10-5-1-2-6-3-7(11-9(14)15)8(13)12(6)4-5/h5-7,11H,1-4,10H2,(H,14,15)/t5?,6?,7-/m0/s1.